The molecule has 2 atom stereocenters. The van der Waals surface area contributed by atoms with Gasteiger partial charge in [0.05, 0.1) is 12.2 Å². The Morgan fingerprint density at radius 3 is 2.52 bits per heavy atom. The van der Waals surface area contributed by atoms with E-state index in [1.807, 2.05) is 47.9 Å². The number of ether oxygens (including phenoxy) is 1. The maximum Gasteiger partial charge on any atom is 0.317 e. The molecule has 3 amide bonds. The van der Waals surface area contributed by atoms with Crippen LogP contribution < -0.4 is 5.32 Å². The first-order valence-corrected chi connectivity index (χ1v) is 9.05. The van der Waals surface area contributed by atoms with E-state index in [2.05, 4.69) is 5.32 Å². The minimum atomic E-state index is -0.0611. The quantitative estimate of drug-likeness (QED) is 0.909. The molecule has 136 valence electrons. The molecule has 0 saturated carbocycles. The Morgan fingerprint density at radius 2 is 1.88 bits per heavy atom. The number of nitrogens with zero attached hydrogens (tertiary/aromatic N) is 2. The number of hydrogen-bond acceptors (Lipinski definition) is 3. The number of nitrogens with one attached hydrogen (secondary N) is 1. The zero-order valence-electron chi connectivity index (χ0n) is 15.0. The maximum atomic E-state index is 12.5. The molecule has 1 N–H and O–H groups in total. The molecule has 1 aromatic carbocycles. The van der Waals surface area contributed by atoms with Gasteiger partial charge in [0, 0.05) is 39.1 Å². The van der Waals surface area contributed by atoms with Crippen LogP contribution in [-0.2, 0) is 22.6 Å². The second-order valence-corrected chi connectivity index (χ2v) is 7.01. The average molecular weight is 345 g/mol. The van der Waals surface area contributed by atoms with Gasteiger partial charge in [0.1, 0.15) is 0 Å². The van der Waals surface area contributed by atoms with E-state index >= 15 is 0 Å². The van der Waals surface area contributed by atoms with E-state index in [9.17, 15) is 9.59 Å². The molecule has 25 heavy (non-hydrogen) atoms. The molecule has 2 saturated heterocycles. The number of rotatable bonds is 4. The first-order chi connectivity index (χ1) is 12.0. The van der Waals surface area contributed by atoms with E-state index in [-0.39, 0.29) is 24.1 Å². The van der Waals surface area contributed by atoms with Crippen molar-refractivity contribution in [1.29, 1.82) is 0 Å². The normalized spacial score (nSPS) is 23.8. The van der Waals surface area contributed by atoms with Crippen LogP contribution in [0.25, 0.3) is 0 Å². The summed E-state index contributed by atoms with van der Waals surface area (Å²) in [6.07, 6.45) is 1.70. The van der Waals surface area contributed by atoms with Gasteiger partial charge in [-0.3, -0.25) is 4.79 Å². The standard InChI is InChI=1S/C19H27N3O3/c1-14-11-22(12-15(2)25-14)19(24)20-10-16-6-3-4-7-17(16)13-21-9-5-8-18(21)23/h3-4,6-7,14-15H,5,8-13H2,1-2H3,(H,20,24)/t14-,15-/m1/s1. The number of morpholine rings is 1. The fraction of sp³-hybridized carbons (Fsp3) is 0.579. The molecule has 3 rings (SSSR count). The summed E-state index contributed by atoms with van der Waals surface area (Å²) in [7, 11) is 0. The van der Waals surface area contributed by atoms with Gasteiger partial charge in [-0.2, -0.15) is 0 Å². The van der Waals surface area contributed by atoms with Gasteiger partial charge in [-0.1, -0.05) is 24.3 Å². The Balaban J connectivity index is 1.59. The minimum Gasteiger partial charge on any atom is -0.372 e. The molecule has 1 aromatic rings. The van der Waals surface area contributed by atoms with Crippen molar-refractivity contribution in [2.75, 3.05) is 19.6 Å². The second-order valence-electron chi connectivity index (χ2n) is 7.01. The third kappa shape index (κ3) is 4.51. The summed E-state index contributed by atoms with van der Waals surface area (Å²) in [4.78, 5) is 28.0. The summed E-state index contributed by atoms with van der Waals surface area (Å²) in [5.41, 5.74) is 2.16. The largest absolute Gasteiger partial charge is 0.372 e. The third-order valence-electron chi connectivity index (χ3n) is 4.79. The zero-order valence-corrected chi connectivity index (χ0v) is 15.0. The Hall–Kier alpha value is -2.08. The number of carbonyl (C=O) groups is 2. The van der Waals surface area contributed by atoms with Crippen molar-refractivity contribution < 1.29 is 14.3 Å². The topological polar surface area (TPSA) is 61.9 Å². The average Bonchev–Trinajstić information content (AvgIpc) is 2.98. The van der Waals surface area contributed by atoms with Gasteiger partial charge in [0.15, 0.2) is 0 Å². The summed E-state index contributed by atoms with van der Waals surface area (Å²) in [6.45, 7) is 7.10. The van der Waals surface area contributed by atoms with Crippen LogP contribution in [0.5, 0.6) is 0 Å². The summed E-state index contributed by atoms with van der Waals surface area (Å²) < 4.78 is 5.67. The second kappa shape index (κ2) is 7.87. The van der Waals surface area contributed by atoms with Crippen LogP contribution in [0, 0.1) is 0 Å². The van der Waals surface area contributed by atoms with E-state index in [1.54, 1.807) is 0 Å². The lowest BCUT2D eigenvalue weighted by Gasteiger charge is -2.35. The van der Waals surface area contributed by atoms with Crippen molar-refractivity contribution in [1.82, 2.24) is 15.1 Å². The Kier molecular flexibility index (Phi) is 5.58. The highest BCUT2D eigenvalue weighted by molar-refractivity contribution is 5.78. The highest BCUT2D eigenvalue weighted by Crippen LogP contribution is 2.17. The van der Waals surface area contributed by atoms with Crippen molar-refractivity contribution in [3.8, 4) is 0 Å². The number of benzene rings is 1. The van der Waals surface area contributed by atoms with Crippen molar-refractivity contribution in [2.45, 2.75) is 52.0 Å². The van der Waals surface area contributed by atoms with Gasteiger partial charge in [-0.05, 0) is 31.4 Å². The lowest BCUT2D eigenvalue weighted by atomic mass is 10.1. The molecule has 2 heterocycles. The maximum absolute atomic E-state index is 12.5. The first kappa shape index (κ1) is 17.7. The van der Waals surface area contributed by atoms with E-state index in [1.165, 1.54) is 0 Å². The van der Waals surface area contributed by atoms with Crippen LogP contribution in [0.15, 0.2) is 24.3 Å². The Bertz CT molecular complexity index is 624. The van der Waals surface area contributed by atoms with Gasteiger partial charge >= 0.3 is 6.03 Å². The fourth-order valence-electron chi connectivity index (χ4n) is 3.59. The van der Waals surface area contributed by atoms with E-state index < -0.39 is 0 Å². The molecule has 0 aromatic heterocycles. The number of amides is 3. The predicted octanol–water partition coefficient (Wildman–Crippen LogP) is 2.13. The van der Waals surface area contributed by atoms with Gasteiger partial charge in [-0.15, -0.1) is 0 Å². The Morgan fingerprint density at radius 1 is 1.20 bits per heavy atom. The van der Waals surface area contributed by atoms with Crippen LogP contribution in [-0.4, -0.2) is 53.6 Å². The highest BCUT2D eigenvalue weighted by atomic mass is 16.5. The number of urea groups is 1. The van der Waals surface area contributed by atoms with Crippen LogP contribution in [0.2, 0.25) is 0 Å². The van der Waals surface area contributed by atoms with Crippen LogP contribution in [0.1, 0.15) is 37.8 Å². The molecule has 0 bridgehead atoms. The number of carbonyl (C=O) groups excluding carboxylic acids is 2. The fourth-order valence-corrected chi connectivity index (χ4v) is 3.59. The molecule has 2 aliphatic heterocycles. The molecule has 2 fully saturated rings. The SMILES string of the molecule is C[C@@H]1CN(C(=O)NCc2ccccc2CN2CCCC2=O)C[C@@H](C)O1. The highest BCUT2D eigenvalue weighted by Gasteiger charge is 2.26. The molecule has 6 nitrogen and oxygen atoms in total. The molecule has 0 aliphatic carbocycles. The summed E-state index contributed by atoms with van der Waals surface area (Å²) >= 11 is 0. The van der Waals surface area contributed by atoms with Gasteiger partial charge in [0.25, 0.3) is 0 Å². The minimum absolute atomic E-state index is 0.0583. The van der Waals surface area contributed by atoms with Gasteiger partial charge < -0.3 is 19.9 Å². The summed E-state index contributed by atoms with van der Waals surface area (Å²) in [5, 5.41) is 3.01. The lowest BCUT2D eigenvalue weighted by molar-refractivity contribution is -0.128. The molecule has 0 unspecified atom stereocenters. The number of hydrogen-bond donors (Lipinski definition) is 1. The van der Waals surface area contributed by atoms with E-state index in [0.717, 1.165) is 24.1 Å². The van der Waals surface area contributed by atoms with Crippen molar-refractivity contribution in [2.24, 2.45) is 0 Å². The van der Waals surface area contributed by atoms with Crippen molar-refractivity contribution in [3.63, 3.8) is 0 Å². The van der Waals surface area contributed by atoms with Crippen LogP contribution in [0.4, 0.5) is 4.79 Å². The molecular weight excluding hydrogens is 318 g/mol. The lowest BCUT2D eigenvalue weighted by Crippen LogP contribution is -2.51. The molecule has 2 aliphatic rings. The van der Waals surface area contributed by atoms with E-state index in [0.29, 0.717) is 32.6 Å². The van der Waals surface area contributed by atoms with Crippen molar-refractivity contribution >= 4 is 11.9 Å². The molecule has 0 spiro atoms. The predicted molar refractivity (Wildman–Crippen MR) is 94.9 cm³/mol. The summed E-state index contributed by atoms with van der Waals surface area (Å²) in [5.74, 6) is 0.218. The third-order valence-corrected chi connectivity index (χ3v) is 4.79. The molecular formula is C19H27N3O3. The number of likely N-dealkylation sites (tertiary alicyclic amines) is 1. The molecule has 0 radical (unpaired) electrons. The van der Waals surface area contributed by atoms with Crippen LogP contribution >= 0.6 is 0 Å². The first-order valence-electron chi connectivity index (χ1n) is 9.05. The van der Waals surface area contributed by atoms with Gasteiger partial charge in [-0.25, -0.2) is 4.79 Å². The Labute approximate surface area is 149 Å². The van der Waals surface area contributed by atoms with Crippen LogP contribution in [0.3, 0.4) is 0 Å². The van der Waals surface area contributed by atoms with E-state index in [4.69, 9.17) is 4.74 Å². The molecule has 6 heteroatoms. The van der Waals surface area contributed by atoms with Crippen molar-refractivity contribution in [3.05, 3.63) is 35.4 Å². The summed E-state index contributed by atoms with van der Waals surface area (Å²) in [6, 6.07) is 7.93. The smallest absolute Gasteiger partial charge is 0.317 e. The zero-order chi connectivity index (χ0) is 17.8. The van der Waals surface area contributed by atoms with Gasteiger partial charge in [0.2, 0.25) is 5.91 Å². The monoisotopic (exact) mass is 345 g/mol.